The van der Waals surface area contributed by atoms with Crippen LogP contribution in [-0.4, -0.2) is 5.11 Å². The Morgan fingerprint density at radius 3 is 2.39 bits per heavy atom. The summed E-state index contributed by atoms with van der Waals surface area (Å²) >= 11 is 0. The first-order chi connectivity index (χ1) is 8.66. The highest BCUT2D eigenvalue weighted by atomic mass is 19.1. The van der Waals surface area contributed by atoms with Gasteiger partial charge in [0, 0.05) is 5.56 Å². The van der Waals surface area contributed by atoms with Crippen LogP contribution in [0.4, 0.5) is 4.39 Å². The number of benzene rings is 2. The predicted octanol–water partition coefficient (Wildman–Crippen LogP) is 3.46. The average Bonchev–Trinajstić information content (AvgIpc) is 2.38. The molecule has 1 N–H and O–H groups in total. The largest absolute Gasteiger partial charge is 0.489 e. The maximum absolute atomic E-state index is 13.3. The maximum Gasteiger partial charge on any atom is 0.129 e. The quantitative estimate of drug-likeness (QED) is 0.895. The van der Waals surface area contributed by atoms with E-state index in [1.165, 1.54) is 6.07 Å². The molecule has 0 heterocycles. The Morgan fingerprint density at radius 2 is 1.78 bits per heavy atom. The van der Waals surface area contributed by atoms with Crippen molar-refractivity contribution in [1.82, 2.24) is 0 Å². The molecular formula is C15H15FO2. The van der Waals surface area contributed by atoms with Crippen LogP contribution in [0.25, 0.3) is 0 Å². The zero-order chi connectivity index (χ0) is 13.0. The highest BCUT2D eigenvalue weighted by Crippen LogP contribution is 2.18. The Labute approximate surface area is 106 Å². The number of aliphatic hydroxyl groups is 1. The molecule has 0 radical (unpaired) electrons. The van der Waals surface area contributed by atoms with Crippen LogP contribution in [0.2, 0.25) is 0 Å². The Bertz CT molecular complexity index is 506. The Morgan fingerprint density at radius 1 is 1.11 bits per heavy atom. The van der Waals surface area contributed by atoms with Crippen molar-refractivity contribution >= 4 is 0 Å². The third-order valence-corrected chi connectivity index (χ3v) is 2.71. The highest BCUT2D eigenvalue weighted by Gasteiger charge is 2.03. The second-order valence-electron chi connectivity index (χ2n) is 4.13. The molecule has 0 saturated heterocycles. The fourth-order valence-corrected chi connectivity index (χ4v) is 1.62. The molecular weight excluding hydrogens is 231 g/mol. The van der Waals surface area contributed by atoms with Crippen LogP contribution in [0.1, 0.15) is 24.2 Å². The van der Waals surface area contributed by atoms with Gasteiger partial charge in [0.2, 0.25) is 0 Å². The van der Waals surface area contributed by atoms with E-state index in [0.29, 0.717) is 11.3 Å². The van der Waals surface area contributed by atoms with Crippen molar-refractivity contribution in [2.75, 3.05) is 0 Å². The number of ether oxygens (including phenoxy) is 1. The standard InChI is InChI=1S/C15H15FO2/c1-11(17)12-6-8-14(9-7-12)18-10-13-4-2-3-5-15(13)16/h2-9,11,17H,10H2,1H3. The summed E-state index contributed by atoms with van der Waals surface area (Å²) < 4.78 is 18.8. The minimum atomic E-state index is -0.495. The van der Waals surface area contributed by atoms with Crippen molar-refractivity contribution in [3.05, 3.63) is 65.5 Å². The molecule has 0 saturated carbocycles. The van der Waals surface area contributed by atoms with Crippen LogP contribution in [0, 0.1) is 5.82 Å². The van der Waals surface area contributed by atoms with Crippen molar-refractivity contribution in [2.45, 2.75) is 19.6 Å². The van der Waals surface area contributed by atoms with E-state index in [4.69, 9.17) is 4.74 Å². The van der Waals surface area contributed by atoms with E-state index < -0.39 is 6.10 Å². The van der Waals surface area contributed by atoms with E-state index in [-0.39, 0.29) is 12.4 Å². The summed E-state index contributed by atoms with van der Waals surface area (Å²) in [6.07, 6.45) is -0.495. The predicted molar refractivity (Wildman–Crippen MR) is 67.8 cm³/mol. The zero-order valence-corrected chi connectivity index (χ0v) is 10.1. The summed E-state index contributed by atoms with van der Waals surface area (Å²) in [6.45, 7) is 1.90. The monoisotopic (exact) mass is 246 g/mol. The van der Waals surface area contributed by atoms with Crippen molar-refractivity contribution in [3.8, 4) is 5.75 Å². The summed E-state index contributed by atoms with van der Waals surface area (Å²) in [7, 11) is 0. The summed E-state index contributed by atoms with van der Waals surface area (Å²) in [5, 5.41) is 9.37. The smallest absolute Gasteiger partial charge is 0.129 e. The van der Waals surface area contributed by atoms with Gasteiger partial charge in [0.25, 0.3) is 0 Å². The molecule has 0 amide bonds. The summed E-state index contributed by atoms with van der Waals surface area (Å²) in [5.74, 6) is 0.390. The van der Waals surface area contributed by atoms with Gasteiger partial charge in [-0.3, -0.25) is 0 Å². The van der Waals surface area contributed by atoms with Crippen LogP contribution in [0.15, 0.2) is 48.5 Å². The van der Waals surface area contributed by atoms with Crippen LogP contribution >= 0.6 is 0 Å². The normalized spacial score (nSPS) is 12.2. The minimum absolute atomic E-state index is 0.195. The van der Waals surface area contributed by atoms with Gasteiger partial charge in [0.1, 0.15) is 18.2 Å². The van der Waals surface area contributed by atoms with Crippen LogP contribution in [0.5, 0.6) is 5.75 Å². The molecule has 1 unspecified atom stereocenters. The molecule has 2 aromatic carbocycles. The summed E-state index contributed by atoms with van der Waals surface area (Å²) in [6, 6.07) is 13.7. The molecule has 18 heavy (non-hydrogen) atoms. The lowest BCUT2D eigenvalue weighted by Gasteiger charge is -2.09. The van der Waals surface area contributed by atoms with Gasteiger partial charge >= 0.3 is 0 Å². The second kappa shape index (κ2) is 5.65. The first kappa shape index (κ1) is 12.6. The van der Waals surface area contributed by atoms with Gasteiger partial charge in [0.15, 0.2) is 0 Å². The molecule has 94 valence electrons. The van der Waals surface area contributed by atoms with Gasteiger partial charge in [-0.2, -0.15) is 0 Å². The second-order valence-corrected chi connectivity index (χ2v) is 4.13. The molecule has 2 nitrogen and oxygen atoms in total. The van der Waals surface area contributed by atoms with Gasteiger partial charge in [-0.25, -0.2) is 4.39 Å². The van der Waals surface area contributed by atoms with Crippen LogP contribution < -0.4 is 4.74 Å². The molecule has 0 aliphatic heterocycles. The van der Waals surface area contributed by atoms with Crippen molar-refractivity contribution in [2.24, 2.45) is 0 Å². The lowest BCUT2D eigenvalue weighted by molar-refractivity contribution is 0.199. The first-order valence-electron chi connectivity index (χ1n) is 5.81. The van der Waals surface area contributed by atoms with Crippen molar-refractivity contribution in [3.63, 3.8) is 0 Å². The molecule has 3 heteroatoms. The van der Waals surface area contributed by atoms with Crippen LogP contribution in [0.3, 0.4) is 0 Å². The molecule has 2 aromatic rings. The van der Waals surface area contributed by atoms with Gasteiger partial charge in [0.05, 0.1) is 6.10 Å². The average molecular weight is 246 g/mol. The van der Waals surface area contributed by atoms with Crippen molar-refractivity contribution < 1.29 is 14.2 Å². The molecule has 0 bridgehead atoms. The topological polar surface area (TPSA) is 29.5 Å². The Hall–Kier alpha value is -1.87. The van der Waals surface area contributed by atoms with E-state index in [2.05, 4.69) is 0 Å². The van der Waals surface area contributed by atoms with Gasteiger partial charge in [-0.05, 0) is 30.7 Å². The molecule has 0 aliphatic rings. The molecule has 0 aliphatic carbocycles. The van der Waals surface area contributed by atoms with E-state index >= 15 is 0 Å². The van der Waals surface area contributed by atoms with Crippen molar-refractivity contribution in [1.29, 1.82) is 0 Å². The lowest BCUT2D eigenvalue weighted by atomic mass is 10.1. The first-order valence-corrected chi connectivity index (χ1v) is 5.81. The van der Waals surface area contributed by atoms with Gasteiger partial charge in [-0.15, -0.1) is 0 Å². The van der Waals surface area contributed by atoms with Gasteiger partial charge < -0.3 is 9.84 Å². The maximum atomic E-state index is 13.3. The lowest BCUT2D eigenvalue weighted by Crippen LogP contribution is -1.98. The molecule has 0 fully saturated rings. The number of hydrogen-bond donors (Lipinski definition) is 1. The van der Waals surface area contributed by atoms with E-state index in [1.807, 2.05) is 0 Å². The van der Waals surface area contributed by atoms with E-state index in [0.717, 1.165) is 5.56 Å². The van der Waals surface area contributed by atoms with Gasteiger partial charge in [-0.1, -0.05) is 30.3 Å². The zero-order valence-electron chi connectivity index (χ0n) is 10.1. The van der Waals surface area contributed by atoms with Crippen LogP contribution in [-0.2, 0) is 6.61 Å². The Balaban J connectivity index is 2.00. The van der Waals surface area contributed by atoms with E-state index in [1.54, 1.807) is 49.4 Å². The molecule has 0 spiro atoms. The fourth-order valence-electron chi connectivity index (χ4n) is 1.62. The SMILES string of the molecule is CC(O)c1ccc(OCc2ccccc2F)cc1. The third-order valence-electron chi connectivity index (χ3n) is 2.71. The third kappa shape index (κ3) is 3.08. The highest BCUT2D eigenvalue weighted by molar-refractivity contribution is 5.28. The molecule has 0 aromatic heterocycles. The summed E-state index contributed by atoms with van der Waals surface area (Å²) in [5.41, 5.74) is 1.35. The summed E-state index contributed by atoms with van der Waals surface area (Å²) in [4.78, 5) is 0. The number of rotatable bonds is 4. The van der Waals surface area contributed by atoms with E-state index in [9.17, 15) is 9.50 Å². The Kier molecular flexibility index (Phi) is 3.95. The fraction of sp³-hybridized carbons (Fsp3) is 0.200. The number of halogens is 1. The molecule has 1 atom stereocenters. The number of aliphatic hydroxyl groups excluding tert-OH is 1. The molecule has 2 rings (SSSR count). The number of hydrogen-bond acceptors (Lipinski definition) is 2. The minimum Gasteiger partial charge on any atom is -0.489 e.